The molecule has 0 spiro atoms. The molecule has 0 aliphatic heterocycles. The summed E-state index contributed by atoms with van der Waals surface area (Å²) in [5.74, 6) is -1.47. The van der Waals surface area contributed by atoms with Crippen LogP contribution in [0.15, 0.2) is 18.2 Å². The Labute approximate surface area is 93.9 Å². The minimum atomic E-state index is -4.88. The third kappa shape index (κ3) is 3.15. The maximum Gasteiger partial charge on any atom is 0.419 e. The van der Waals surface area contributed by atoms with Crippen molar-refractivity contribution in [3.8, 4) is 0 Å². The highest BCUT2D eigenvalue weighted by atomic mass is 19.4. The predicted molar refractivity (Wildman–Crippen MR) is 49.5 cm³/mol. The lowest BCUT2D eigenvalue weighted by atomic mass is 10.0. The quantitative estimate of drug-likeness (QED) is 0.711. The SMILES string of the molecule is OCC(O)C(O)c1ccc(F)c(C(F)(F)F)c1. The molecule has 1 aromatic carbocycles. The lowest BCUT2D eigenvalue weighted by Crippen LogP contribution is -2.22. The van der Waals surface area contributed by atoms with E-state index in [-0.39, 0.29) is 5.56 Å². The lowest BCUT2D eigenvalue weighted by molar-refractivity contribution is -0.140. The number of hydrogen-bond acceptors (Lipinski definition) is 3. The molecule has 0 saturated heterocycles. The van der Waals surface area contributed by atoms with Gasteiger partial charge in [0.15, 0.2) is 0 Å². The van der Waals surface area contributed by atoms with Gasteiger partial charge in [-0.1, -0.05) is 6.07 Å². The summed E-state index contributed by atoms with van der Waals surface area (Å²) >= 11 is 0. The van der Waals surface area contributed by atoms with Gasteiger partial charge in [-0.05, 0) is 17.7 Å². The highest BCUT2D eigenvalue weighted by Crippen LogP contribution is 2.33. The van der Waals surface area contributed by atoms with Crippen molar-refractivity contribution in [1.29, 1.82) is 0 Å². The maximum absolute atomic E-state index is 12.9. The van der Waals surface area contributed by atoms with Gasteiger partial charge >= 0.3 is 6.18 Å². The third-order valence-corrected chi connectivity index (χ3v) is 2.19. The van der Waals surface area contributed by atoms with Crippen molar-refractivity contribution in [2.45, 2.75) is 18.4 Å². The predicted octanol–water partition coefficient (Wildman–Crippen LogP) is 1.23. The van der Waals surface area contributed by atoms with Gasteiger partial charge in [-0.25, -0.2) is 4.39 Å². The second-order valence-electron chi connectivity index (χ2n) is 3.43. The smallest absolute Gasteiger partial charge is 0.394 e. The first-order valence-corrected chi connectivity index (χ1v) is 4.61. The first-order chi connectivity index (χ1) is 7.77. The number of aliphatic hydroxyl groups is 3. The summed E-state index contributed by atoms with van der Waals surface area (Å²) in [5.41, 5.74) is -1.85. The Morgan fingerprint density at radius 2 is 1.76 bits per heavy atom. The van der Waals surface area contributed by atoms with Crippen LogP contribution in [0.3, 0.4) is 0 Å². The van der Waals surface area contributed by atoms with Gasteiger partial charge in [-0.2, -0.15) is 13.2 Å². The van der Waals surface area contributed by atoms with Crippen molar-refractivity contribution < 1.29 is 32.9 Å². The van der Waals surface area contributed by atoms with Gasteiger partial charge < -0.3 is 15.3 Å². The Kier molecular flexibility index (Phi) is 4.07. The minimum absolute atomic E-state index is 0.319. The topological polar surface area (TPSA) is 60.7 Å². The summed E-state index contributed by atoms with van der Waals surface area (Å²) in [5, 5.41) is 27.0. The molecule has 0 aliphatic carbocycles. The van der Waals surface area contributed by atoms with Crippen LogP contribution in [-0.2, 0) is 6.18 Å². The fourth-order valence-electron chi connectivity index (χ4n) is 1.27. The normalized spacial score (nSPS) is 15.7. The summed E-state index contributed by atoms with van der Waals surface area (Å²) in [4.78, 5) is 0. The largest absolute Gasteiger partial charge is 0.419 e. The zero-order chi connectivity index (χ0) is 13.2. The molecule has 0 aromatic heterocycles. The van der Waals surface area contributed by atoms with Gasteiger partial charge in [0, 0.05) is 0 Å². The molecule has 0 saturated carbocycles. The van der Waals surface area contributed by atoms with Gasteiger partial charge in [-0.15, -0.1) is 0 Å². The number of rotatable bonds is 3. The molecule has 0 bridgehead atoms. The Balaban J connectivity index is 3.13. The van der Waals surface area contributed by atoms with Crippen molar-refractivity contribution in [2.75, 3.05) is 6.61 Å². The van der Waals surface area contributed by atoms with E-state index in [9.17, 15) is 22.7 Å². The molecule has 1 rings (SSSR count). The van der Waals surface area contributed by atoms with E-state index in [1.807, 2.05) is 0 Å². The van der Waals surface area contributed by atoms with Gasteiger partial charge in [0.25, 0.3) is 0 Å². The summed E-state index contributed by atoms with van der Waals surface area (Å²) < 4.78 is 49.9. The zero-order valence-corrected chi connectivity index (χ0v) is 8.45. The fourth-order valence-corrected chi connectivity index (χ4v) is 1.27. The Hall–Kier alpha value is -1.18. The lowest BCUT2D eigenvalue weighted by Gasteiger charge is -2.17. The molecule has 96 valence electrons. The Morgan fingerprint density at radius 1 is 1.18 bits per heavy atom. The van der Waals surface area contributed by atoms with E-state index in [4.69, 9.17) is 10.2 Å². The van der Waals surface area contributed by atoms with Gasteiger partial charge in [0.2, 0.25) is 0 Å². The molecule has 0 heterocycles. The number of hydrogen-bond donors (Lipinski definition) is 3. The second-order valence-corrected chi connectivity index (χ2v) is 3.43. The van der Waals surface area contributed by atoms with Gasteiger partial charge in [-0.3, -0.25) is 0 Å². The summed E-state index contributed by atoms with van der Waals surface area (Å²) in [6, 6.07) is 1.86. The van der Waals surface area contributed by atoms with E-state index in [0.29, 0.717) is 12.1 Å². The van der Waals surface area contributed by atoms with Crippen molar-refractivity contribution >= 4 is 0 Å². The van der Waals surface area contributed by atoms with E-state index in [1.54, 1.807) is 0 Å². The molecule has 7 heteroatoms. The molecule has 0 fully saturated rings. The van der Waals surface area contributed by atoms with Crippen molar-refractivity contribution in [3.05, 3.63) is 35.1 Å². The monoisotopic (exact) mass is 254 g/mol. The summed E-state index contributed by atoms with van der Waals surface area (Å²) in [6.07, 6.45) is -8.22. The molecule has 3 nitrogen and oxygen atoms in total. The van der Waals surface area contributed by atoms with Gasteiger partial charge in [0.1, 0.15) is 18.0 Å². The van der Waals surface area contributed by atoms with Crippen molar-refractivity contribution in [3.63, 3.8) is 0 Å². The first-order valence-electron chi connectivity index (χ1n) is 4.61. The van der Waals surface area contributed by atoms with Crippen LogP contribution in [0.2, 0.25) is 0 Å². The van der Waals surface area contributed by atoms with E-state index in [1.165, 1.54) is 0 Å². The van der Waals surface area contributed by atoms with E-state index in [0.717, 1.165) is 6.07 Å². The van der Waals surface area contributed by atoms with Crippen LogP contribution in [0.5, 0.6) is 0 Å². The molecule has 0 amide bonds. The number of halogens is 4. The van der Waals surface area contributed by atoms with E-state index < -0.39 is 36.4 Å². The average Bonchev–Trinajstić information content (AvgIpc) is 2.26. The first kappa shape index (κ1) is 13.9. The van der Waals surface area contributed by atoms with Crippen molar-refractivity contribution in [1.82, 2.24) is 0 Å². The molecule has 0 radical (unpaired) electrons. The molecule has 0 aliphatic rings. The molecule has 1 aromatic rings. The molecule has 17 heavy (non-hydrogen) atoms. The molecule has 2 atom stereocenters. The van der Waals surface area contributed by atoms with Crippen LogP contribution in [0.4, 0.5) is 17.6 Å². The summed E-state index contributed by atoms with van der Waals surface area (Å²) in [7, 11) is 0. The summed E-state index contributed by atoms with van der Waals surface area (Å²) in [6.45, 7) is -0.820. The zero-order valence-electron chi connectivity index (χ0n) is 8.45. The second kappa shape index (κ2) is 4.99. The van der Waals surface area contributed by atoms with Crippen LogP contribution in [0.25, 0.3) is 0 Å². The van der Waals surface area contributed by atoms with Crippen LogP contribution >= 0.6 is 0 Å². The molecular weight excluding hydrogens is 244 g/mol. The number of benzene rings is 1. The van der Waals surface area contributed by atoms with E-state index in [2.05, 4.69) is 0 Å². The highest BCUT2D eigenvalue weighted by Gasteiger charge is 2.35. The fraction of sp³-hybridized carbons (Fsp3) is 0.400. The third-order valence-electron chi connectivity index (χ3n) is 2.19. The van der Waals surface area contributed by atoms with Crippen LogP contribution in [-0.4, -0.2) is 28.0 Å². The Morgan fingerprint density at radius 3 is 2.24 bits per heavy atom. The van der Waals surface area contributed by atoms with Crippen LogP contribution < -0.4 is 0 Å². The van der Waals surface area contributed by atoms with Crippen LogP contribution in [0, 0.1) is 5.82 Å². The standard InChI is InChI=1S/C10H10F4O3/c11-7-2-1-5(9(17)8(16)4-15)3-6(7)10(12,13)14/h1-3,8-9,15-17H,4H2. The number of alkyl halides is 3. The van der Waals surface area contributed by atoms with Crippen molar-refractivity contribution in [2.24, 2.45) is 0 Å². The van der Waals surface area contributed by atoms with Crippen LogP contribution in [0.1, 0.15) is 17.2 Å². The molecular formula is C10H10F4O3. The average molecular weight is 254 g/mol. The van der Waals surface area contributed by atoms with E-state index >= 15 is 0 Å². The highest BCUT2D eigenvalue weighted by molar-refractivity contribution is 5.29. The minimum Gasteiger partial charge on any atom is -0.394 e. The number of aliphatic hydroxyl groups excluding tert-OH is 3. The van der Waals surface area contributed by atoms with Gasteiger partial charge in [0.05, 0.1) is 12.2 Å². The Bertz CT molecular complexity index is 392. The molecule has 3 N–H and O–H groups in total. The maximum atomic E-state index is 12.9. The molecule has 2 unspecified atom stereocenters.